The molecule has 0 radical (unpaired) electrons. The Balaban J connectivity index is 1.78. The first-order valence-electron chi connectivity index (χ1n) is 8.97. The molecule has 0 aromatic heterocycles. The molecule has 1 heterocycles. The third-order valence-corrected chi connectivity index (χ3v) is 4.88. The number of nitrogens with one attached hydrogen (secondary N) is 3. The van der Waals surface area contributed by atoms with Crippen LogP contribution in [0.2, 0.25) is 0 Å². The molecule has 1 aliphatic heterocycles. The second-order valence-corrected chi connectivity index (χ2v) is 7.19. The van der Waals surface area contributed by atoms with Gasteiger partial charge in [0.05, 0.1) is 6.04 Å². The lowest BCUT2D eigenvalue weighted by molar-refractivity contribution is -0.123. The van der Waals surface area contributed by atoms with Gasteiger partial charge in [-0.2, -0.15) is 0 Å². The first kappa shape index (κ1) is 17.6. The molecule has 3 rings (SSSR count). The average Bonchev–Trinajstić information content (AvgIpc) is 3.12. The summed E-state index contributed by atoms with van der Waals surface area (Å²) in [5.74, 6) is 0.525. The predicted octanol–water partition coefficient (Wildman–Crippen LogP) is 3.09. The molecule has 132 valence electrons. The fraction of sp³-hybridized carbons (Fsp3) is 0.381. The van der Waals surface area contributed by atoms with E-state index < -0.39 is 0 Å². The van der Waals surface area contributed by atoms with Crippen LogP contribution in [-0.2, 0) is 4.79 Å². The Morgan fingerprint density at radius 3 is 2.24 bits per heavy atom. The van der Waals surface area contributed by atoms with Gasteiger partial charge in [-0.15, -0.1) is 0 Å². The molecule has 1 fully saturated rings. The van der Waals surface area contributed by atoms with E-state index in [4.69, 9.17) is 0 Å². The smallest absolute Gasteiger partial charge is 0.239 e. The Bertz CT molecular complexity index is 697. The number of aryl methyl sites for hydroxylation is 1. The fourth-order valence-electron chi connectivity index (χ4n) is 3.20. The van der Waals surface area contributed by atoms with Crippen LogP contribution in [0.5, 0.6) is 0 Å². The predicted molar refractivity (Wildman–Crippen MR) is 101 cm³/mol. The Morgan fingerprint density at radius 1 is 1.00 bits per heavy atom. The third kappa shape index (κ3) is 4.27. The first-order valence-corrected chi connectivity index (χ1v) is 8.97. The van der Waals surface area contributed by atoms with Crippen LogP contribution < -0.4 is 16.2 Å². The second kappa shape index (κ2) is 7.81. The van der Waals surface area contributed by atoms with Gasteiger partial charge in [0.25, 0.3) is 0 Å². The van der Waals surface area contributed by atoms with E-state index in [-0.39, 0.29) is 18.0 Å². The van der Waals surface area contributed by atoms with Crippen molar-refractivity contribution in [2.45, 2.75) is 45.3 Å². The highest BCUT2D eigenvalue weighted by Crippen LogP contribution is 2.23. The van der Waals surface area contributed by atoms with E-state index >= 15 is 0 Å². The minimum atomic E-state index is -0.205. The summed E-state index contributed by atoms with van der Waals surface area (Å²) in [6.07, 6.45) is 0.804. The maximum absolute atomic E-state index is 12.8. The summed E-state index contributed by atoms with van der Waals surface area (Å²) in [5, 5.41) is 3.23. The van der Waals surface area contributed by atoms with Gasteiger partial charge in [0.1, 0.15) is 6.04 Å². The van der Waals surface area contributed by atoms with Crippen molar-refractivity contribution in [1.82, 2.24) is 16.2 Å². The van der Waals surface area contributed by atoms with Crippen LogP contribution in [0.3, 0.4) is 0 Å². The van der Waals surface area contributed by atoms with Crippen LogP contribution in [0.1, 0.15) is 43.0 Å². The number of carbonyl (C=O) groups excluding carboxylic acids is 1. The molecule has 0 aliphatic carbocycles. The number of hydrogen-bond acceptors (Lipinski definition) is 3. The van der Waals surface area contributed by atoms with Gasteiger partial charge in [0, 0.05) is 6.04 Å². The number of hydrogen-bond donors (Lipinski definition) is 3. The Kier molecular flexibility index (Phi) is 5.51. The first-order chi connectivity index (χ1) is 12.0. The minimum absolute atomic E-state index is 0.0325. The van der Waals surface area contributed by atoms with Gasteiger partial charge in [-0.1, -0.05) is 74.0 Å². The Hall–Kier alpha value is -2.17. The third-order valence-electron chi connectivity index (χ3n) is 4.88. The summed E-state index contributed by atoms with van der Waals surface area (Å²) in [7, 11) is 0. The topological polar surface area (TPSA) is 53.2 Å². The van der Waals surface area contributed by atoms with E-state index in [9.17, 15) is 4.79 Å². The van der Waals surface area contributed by atoms with Gasteiger partial charge in [-0.05, 0) is 30.4 Å². The molecular formula is C21H27N3O. The molecule has 2 aromatic rings. The molecule has 3 N–H and O–H groups in total. The minimum Gasteiger partial charge on any atom is -0.344 e. The number of rotatable bonds is 5. The Labute approximate surface area is 150 Å². The lowest BCUT2D eigenvalue weighted by atomic mass is 9.96. The van der Waals surface area contributed by atoms with Crippen molar-refractivity contribution in [3.8, 4) is 0 Å². The summed E-state index contributed by atoms with van der Waals surface area (Å²) < 4.78 is 0. The molecule has 3 unspecified atom stereocenters. The normalized spacial score (nSPS) is 21.3. The average molecular weight is 337 g/mol. The van der Waals surface area contributed by atoms with Crippen LogP contribution in [-0.4, -0.2) is 18.0 Å². The van der Waals surface area contributed by atoms with Crippen LogP contribution in [0.25, 0.3) is 0 Å². The van der Waals surface area contributed by atoms with Crippen molar-refractivity contribution in [1.29, 1.82) is 0 Å². The molecule has 1 saturated heterocycles. The quantitative estimate of drug-likeness (QED) is 0.786. The number of carbonyl (C=O) groups is 1. The summed E-state index contributed by atoms with van der Waals surface area (Å²) in [6, 6.07) is 18.4. The van der Waals surface area contributed by atoms with E-state index in [0.717, 1.165) is 17.5 Å². The summed E-state index contributed by atoms with van der Waals surface area (Å²) >= 11 is 0. The van der Waals surface area contributed by atoms with Crippen molar-refractivity contribution in [2.24, 2.45) is 5.92 Å². The summed E-state index contributed by atoms with van der Waals surface area (Å²) in [5.41, 5.74) is 9.77. The van der Waals surface area contributed by atoms with E-state index in [1.807, 2.05) is 18.2 Å². The number of hydrazine groups is 1. The van der Waals surface area contributed by atoms with Crippen molar-refractivity contribution >= 4 is 5.91 Å². The van der Waals surface area contributed by atoms with Gasteiger partial charge in [0.15, 0.2) is 0 Å². The van der Waals surface area contributed by atoms with Crippen molar-refractivity contribution in [2.75, 3.05) is 0 Å². The largest absolute Gasteiger partial charge is 0.344 e. The molecule has 0 bridgehead atoms. The molecular weight excluding hydrogens is 310 g/mol. The van der Waals surface area contributed by atoms with Crippen molar-refractivity contribution < 1.29 is 4.79 Å². The Morgan fingerprint density at radius 2 is 1.64 bits per heavy atom. The maximum Gasteiger partial charge on any atom is 0.239 e. The van der Waals surface area contributed by atoms with Crippen LogP contribution in [0.15, 0.2) is 54.6 Å². The highest BCUT2D eigenvalue weighted by atomic mass is 16.2. The molecule has 2 aromatic carbocycles. The highest BCUT2D eigenvalue weighted by molar-refractivity contribution is 5.83. The second-order valence-electron chi connectivity index (χ2n) is 7.19. The molecule has 3 atom stereocenters. The number of amides is 1. The van der Waals surface area contributed by atoms with Gasteiger partial charge in [0.2, 0.25) is 5.91 Å². The maximum atomic E-state index is 12.8. The van der Waals surface area contributed by atoms with Gasteiger partial charge in [-0.3, -0.25) is 10.2 Å². The molecule has 4 heteroatoms. The van der Waals surface area contributed by atoms with Gasteiger partial charge in [-0.25, -0.2) is 5.43 Å². The van der Waals surface area contributed by atoms with Crippen LogP contribution in [0, 0.1) is 12.8 Å². The zero-order valence-corrected chi connectivity index (χ0v) is 15.1. The lowest BCUT2D eigenvalue weighted by Gasteiger charge is -2.22. The van der Waals surface area contributed by atoms with E-state index in [2.05, 4.69) is 73.3 Å². The number of benzene rings is 2. The van der Waals surface area contributed by atoms with E-state index in [1.165, 1.54) is 5.56 Å². The van der Waals surface area contributed by atoms with Gasteiger partial charge < -0.3 is 5.32 Å². The van der Waals surface area contributed by atoms with Crippen molar-refractivity contribution in [3.63, 3.8) is 0 Å². The van der Waals surface area contributed by atoms with Gasteiger partial charge >= 0.3 is 0 Å². The molecule has 1 aliphatic rings. The molecule has 4 nitrogen and oxygen atoms in total. The van der Waals surface area contributed by atoms with E-state index in [0.29, 0.717) is 12.0 Å². The highest BCUT2D eigenvalue weighted by Gasteiger charge is 2.32. The zero-order chi connectivity index (χ0) is 17.8. The zero-order valence-electron chi connectivity index (χ0n) is 15.1. The standard InChI is InChI=1S/C21H27N3O/c1-14(2)18-13-19(24-23-18)21(25)22-20(16-7-5-4-6-8-16)17-11-9-15(3)10-12-17/h4-12,14,18-20,23-24H,13H2,1-3H3,(H,22,25). The molecule has 1 amide bonds. The van der Waals surface area contributed by atoms with Crippen LogP contribution in [0.4, 0.5) is 0 Å². The molecule has 0 saturated carbocycles. The summed E-state index contributed by atoms with van der Waals surface area (Å²) in [4.78, 5) is 12.8. The molecule has 0 spiro atoms. The SMILES string of the molecule is Cc1ccc(C(NC(=O)C2CC(C(C)C)NN2)c2ccccc2)cc1. The van der Waals surface area contributed by atoms with E-state index in [1.54, 1.807) is 0 Å². The van der Waals surface area contributed by atoms with Crippen LogP contribution >= 0.6 is 0 Å². The summed E-state index contributed by atoms with van der Waals surface area (Å²) in [6.45, 7) is 6.40. The molecule has 25 heavy (non-hydrogen) atoms. The lowest BCUT2D eigenvalue weighted by Crippen LogP contribution is -2.45. The monoisotopic (exact) mass is 337 g/mol. The fourth-order valence-corrected chi connectivity index (χ4v) is 3.20. The van der Waals surface area contributed by atoms with Crippen molar-refractivity contribution in [3.05, 3.63) is 71.3 Å².